The summed E-state index contributed by atoms with van der Waals surface area (Å²) >= 11 is 5.86. The molecule has 0 fully saturated rings. The van der Waals surface area contributed by atoms with Crippen LogP contribution in [0.5, 0.6) is 5.75 Å². The number of halogens is 1. The molecule has 0 aliphatic heterocycles. The van der Waals surface area contributed by atoms with Crippen molar-refractivity contribution in [3.63, 3.8) is 0 Å². The predicted molar refractivity (Wildman–Crippen MR) is 96.4 cm³/mol. The van der Waals surface area contributed by atoms with Gasteiger partial charge in [-0.05, 0) is 37.3 Å². The van der Waals surface area contributed by atoms with Gasteiger partial charge in [-0.3, -0.25) is 0 Å². The maximum Gasteiger partial charge on any atom is 0.340 e. The second-order valence-corrected chi connectivity index (χ2v) is 5.39. The molecule has 2 aromatic carbocycles. The topological polar surface area (TPSA) is 76.7 Å². The van der Waals surface area contributed by atoms with Gasteiger partial charge in [-0.15, -0.1) is 0 Å². The predicted octanol–water partition coefficient (Wildman–Crippen LogP) is 3.72. The van der Waals surface area contributed by atoms with E-state index >= 15 is 0 Å². The van der Waals surface area contributed by atoms with Crippen LogP contribution < -0.4 is 15.4 Å². The molecule has 0 saturated heterocycles. The summed E-state index contributed by atoms with van der Waals surface area (Å²) < 4.78 is 10.4. The first kappa shape index (κ1) is 18.6. The molecule has 0 aliphatic rings. The van der Waals surface area contributed by atoms with E-state index in [0.29, 0.717) is 28.6 Å². The molecule has 0 atom stereocenters. The highest BCUT2D eigenvalue weighted by molar-refractivity contribution is 6.30. The highest BCUT2D eigenvalue weighted by atomic mass is 35.5. The van der Waals surface area contributed by atoms with Crippen molar-refractivity contribution in [1.29, 1.82) is 0 Å². The second kappa shape index (κ2) is 9.54. The van der Waals surface area contributed by atoms with E-state index in [1.165, 1.54) is 0 Å². The molecule has 2 rings (SSSR count). The summed E-state index contributed by atoms with van der Waals surface area (Å²) in [5, 5.41) is 5.87. The van der Waals surface area contributed by atoms with Crippen molar-refractivity contribution in [3.8, 4) is 5.75 Å². The van der Waals surface area contributed by atoms with Crippen LogP contribution in [0.3, 0.4) is 0 Å². The van der Waals surface area contributed by atoms with Crippen LogP contribution in [0.1, 0.15) is 17.3 Å². The molecule has 0 radical (unpaired) electrons. The monoisotopic (exact) mass is 362 g/mol. The Morgan fingerprint density at radius 3 is 2.68 bits per heavy atom. The second-order valence-electron chi connectivity index (χ2n) is 4.95. The number of hydrogen-bond donors (Lipinski definition) is 2. The number of anilines is 1. The van der Waals surface area contributed by atoms with E-state index in [1.807, 2.05) is 0 Å². The molecule has 6 nitrogen and oxygen atoms in total. The Bertz CT molecular complexity index is 737. The van der Waals surface area contributed by atoms with E-state index in [-0.39, 0.29) is 13.2 Å². The molecular weight excluding hydrogens is 344 g/mol. The molecule has 2 aromatic rings. The molecule has 2 amide bonds. The first-order valence-electron chi connectivity index (χ1n) is 7.79. The Morgan fingerprint density at radius 2 is 1.92 bits per heavy atom. The van der Waals surface area contributed by atoms with E-state index in [2.05, 4.69) is 10.6 Å². The van der Waals surface area contributed by atoms with E-state index in [0.717, 1.165) is 0 Å². The Hall–Kier alpha value is -2.73. The average Bonchev–Trinajstić information content (AvgIpc) is 2.59. The third-order valence-electron chi connectivity index (χ3n) is 3.12. The average molecular weight is 363 g/mol. The lowest BCUT2D eigenvalue weighted by atomic mass is 10.2. The highest BCUT2D eigenvalue weighted by Crippen LogP contribution is 2.17. The minimum Gasteiger partial charge on any atom is -0.492 e. The lowest BCUT2D eigenvalue weighted by molar-refractivity contribution is 0.0527. The molecule has 132 valence electrons. The lowest BCUT2D eigenvalue weighted by Crippen LogP contribution is -2.32. The number of benzene rings is 2. The standard InChI is InChI=1S/C18H19ClN2O4/c1-2-24-17(22)15-8-3-4-9-16(15)21-18(23)20-10-11-25-14-7-5-6-13(19)12-14/h3-9,12H,2,10-11H2,1H3,(H2,20,21,23). The number of carbonyl (C=O) groups is 2. The van der Waals surface area contributed by atoms with Gasteiger partial charge in [-0.2, -0.15) is 0 Å². The number of carbonyl (C=O) groups excluding carboxylic acids is 2. The fraction of sp³-hybridized carbons (Fsp3) is 0.222. The van der Waals surface area contributed by atoms with Gasteiger partial charge in [-0.1, -0.05) is 29.8 Å². The van der Waals surface area contributed by atoms with Crippen molar-refractivity contribution in [2.24, 2.45) is 0 Å². The smallest absolute Gasteiger partial charge is 0.340 e. The zero-order valence-electron chi connectivity index (χ0n) is 13.8. The fourth-order valence-corrected chi connectivity index (χ4v) is 2.22. The van der Waals surface area contributed by atoms with E-state index < -0.39 is 12.0 Å². The van der Waals surface area contributed by atoms with Gasteiger partial charge in [0.05, 0.1) is 24.4 Å². The van der Waals surface area contributed by atoms with Crippen LogP contribution in [0.2, 0.25) is 5.02 Å². The number of hydrogen-bond acceptors (Lipinski definition) is 4. The molecule has 0 aromatic heterocycles. The summed E-state index contributed by atoms with van der Waals surface area (Å²) in [5.41, 5.74) is 0.684. The molecule has 7 heteroatoms. The van der Waals surface area contributed by atoms with Crippen LogP contribution in [0.4, 0.5) is 10.5 Å². The number of nitrogens with one attached hydrogen (secondary N) is 2. The van der Waals surface area contributed by atoms with Crippen LogP contribution in [0.15, 0.2) is 48.5 Å². The van der Waals surface area contributed by atoms with Gasteiger partial charge in [0.2, 0.25) is 0 Å². The van der Waals surface area contributed by atoms with Gasteiger partial charge in [0.1, 0.15) is 12.4 Å². The maximum absolute atomic E-state index is 12.0. The number of esters is 1. The minimum atomic E-state index is -0.484. The van der Waals surface area contributed by atoms with Crippen molar-refractivity contribution in [2.45, 2.75) is 6.92 Å². The van der Waals surface area contributed by atoms with Gasteiger partial charge >= 0.3 is 12.0 Å². The van der Waals surface area contributed by atoms with E-state index in [4.69, 9.17) is 21.1 Å². The van der Waals surface area contributed by atoms with E-state index in [1.54, 1.807) is 55.5 Å². The quantitative estimate of drug-likeness (QED) is 0.581. The highest BCUT2D eigenvalue weighted by Gasteiger charge is 2.13. The van der Waals surface area contributed by atoms with Crippen LogP contribution >= 0.6 is 11.6 Å². The van der Waals surface area contributed by atoms with Gasteiger partial charge in [0, 0.05) is 5.02 Å². The zero-order chi connectivity index (χ0) is 18.1. The number of rotatable bonds is 7. The summed E-state index contributed by atoms with van der Waals surface area (Å²) in [6, 6.07) is 13.2. The summed E-state index contributed by atoms with van der Waals surface area (Å²) in [4.78, 5) is 23.8. The van der Waals surface area contributed by atoms with Gasteiger partial charge in [0.15, 0.2) is 0 Å². The molecule has 0 spiro atoms. The van der Waals surface area contributed by atoms with Crippen molar-refractivity contribution < 1.29 is 19.1 Å². The molecular formula is C18H19ClN2O4. The van der Waals surface area contributed by atoms with Gasteiger partial charge in [-0.25, -0.2) is 9.59 Å². The molecule has 0 unspecified atom stereocenters. The molecule has 0 saturated carbocycles. The zero-order valence-corrected chi connectivity index (χ0v) is 14.5. The Morgan fingerprint density at radius 1 is 1.12 bits per heavy atom. The minimum absolute atomic E-state index is 0.264. The van der Waals surface area contributed by atoms with Gasteiger partial charge < -0.3 is 20.1 Å². The molecule has 0 bridgehead atoms. The third-order valence-corrected chi connectivity index (χ3v) is 3.36. The SMILES string of the molecule is CCOC(=O)c1ccccc1NC(=O)NCCOc1cccc(Cl)c1. The summed E-state index contributed by atoms with van der Waals surface area (Å²) in [6.45, 7) is 2.56. The Kier molecular flexibility index (Phi) is 7.10. The van der Waals surface area contributed by atoms with Crippen LogP contribution in [0.25, 0.3) is 0 Å². The lowest BCUT2D eigenvalue weighted by Gasteiger charge is -2.12. The maximum atomic E-state index is 12.0. The molecule has 0 heterocycles. The first-order valence-corrected chi connectivity index (χ1v) is 8.17. The Labute approximate surface area is 151 Å². The summed E-state index contributed by atoms with van der Waals surface area (Å²) in [7, 11) is 0. The first-order chi connectivity index (χ1) is 12.1. The fourth-order valence-electron chi connectivity index (χ4n) is 2.04. The molecule has 0 aliphatic carbocycles. The number of para-hydroxylation sites is 1. The Balaban J connectivity index is 1.81. The summed E-state index contributed by atoms with van der Waals surface area (Å²) in [6.07, 6.45) is 0. The van der Waals surface area contributed by atoms with Crippen LogP contribution in [-0.2, 0) is 4.74 Å². The number of ether oxygens (including phenoxy) is 2. The summed E-state index contributed by atoms with van der Waals surface area (Å²) in [5.74, 6) is 0.144. The number of urea groups is 1. The molecule has 25 heavy (non-hydrogen) atoms. The van der Waals surface area contributed by atoms with E-state index in [9.17, 15) is 9.59 Å². The molecule has 2 N–H and O–H groups in total. The van der Waals surface area contributed by atoms with Crippen molar-refractivity contribution >= 4 is 29.3 Å². The largest absolute Gasteiger partial charge is 0.492 e. The van der Waals surface area contributed by atoms with Crippen molar-refractivity contribution in [1.82, 2.24) is 5.32 Å². The third kappa shape index (κ3) is 6.00. The van der Waals surface area contributed by atoms with Crippen molar-refractivity contribution in [2.75, 3.05) is 25.1 Å². The van der Waals surface area contributed by atoms with Crippen LogP contribution in [-0.4, -0.2) is 31.8 Å². The van der Waals surface area contributed by atoms with Crippen LogP contribution in [0, 0.1) is 0 Å². The van der Waals surface area contributed by atoms with Crippen molar-refractivity contribution in [3.05, 3.63) is 59.1 Å². The number of amides is 2. The van der Waals surface area contributed by atoms with Gasteiger partial charge in [0.25, 0.3) is 0 Å². The normalized spacial score (nSPS) is 10.0.